The van der Waals surface area contributed by atoms with Crippen molar-refractivity contribution < 1.29 is 9.47 Å². The van der Waals surface area contributed by atoms with E-state index in [0.29, 0.717) is 32.9 Å². The molecule has 0 saturated carbocycles. The Morgan fingerprint density at radius 2 is 2.00 bits per heavy atom. The quantitative estimate of drug-likeness (QED) is 0.820. The first-order chi connectivity index (χ1) is 8.22. The van der Waals surface area contributed by atoms with E-state index in [1.54, 1.807) is 12.3 Å². The topological polar surface area (TPSA) is 55.1 Å². The van der Waals surface area contributed by atoms with Crippen LogP contribution in [0, 0.1) is 11.3 Å². The molecule has 0 atom stereocenters. The van der Waals surface area contributed by atoms with Gasteiger partial charge in [-0.05, 0) is 6.07 Å². The molecule has 0 radical (unpaired) electrons. The summed E-state index contributed by atoms with van der Waals surface area (Å²) in [6.07, 6.45) is 3.09. The Morgan fingerprint density at radius 3 is 2.59 bits per heavy atom. The summed E-state index contributed by atoms with van der Waals surface area (Å²) in [5, 5.41) is 10.8. The molecule has 0 unspecified atom stereocenters. The maximum atomic E-state index is 9.01. The minimum Gasteiger partial charge on any atom is -0.493 e. The summed E-state index contributed by atoms with van der Waals surface area (Å²) in [5.41, 5.74) is 0.449. The number of benzene rings is 1. The van der Waals surface area contributed by atoms with E-state index in [9.17, 15) is 0 Å². The number of rotatable bonds is 2. The van der Waals surface area contributed by atoms with Crippen molar-refractivity contribution in [2.75, 3.05) is 14.2 Å². The lowest BCUT2D eigenvalue weighted by Gasteiger charge is -2.12. The molecule has 0 amide bonds. The molecule has 1 heterocycles. The third-order valence-corrected chi connectivity index (χ3v) is 2.84. The molecule has 0 fully saturated rings. The minimum atomic E-state index is 0.395. The molecule has 2 rings (SSSR count). The maximum absolute atomic E-state index is 9.01. The Balaban J connectivity index is 2.91. The Kier molecular flexibility index (Phi) is 3.03. The standard InChI is InChI=1S/C12H9ClN2O2/c1-16-10-3-8-7(4-14)5-15-6-9(8)11(13)12(10)17-2/h3,5-6H,1-2H3. The van der Waals surface area contributed by atoms with Crippen molar-refractivity contribution in [2.24, 2.45) is 0 Å². The van der Waals surface area contributed by atoms with E-state index in [2.05, 4.69) is 11.1 Å². The third kappa shape index (κ3) is 1.75. The van der Waals surface area contributed by atoms with E-state index in [0.717, 1.165) is 0 Å². The molecule has 0 saturated heterocycles. The highest BCUT2D eigenvalue weighted by Crippen LogP contribution is 2.41. The van der Waals surface area contributed by atoms with Crippen molar-refractivity contribution >= 4 is 22.4 Å². The van der Waals surface area contributed by atoms with E-state index < -0.39 is 0 Å². The molecule has 0 N–H and O–H groups in total. The zero-order chi connectivity index (χ0) is 12.4. The van der Waals surface area contributed by atoms with Gasteiger partial charge in [-0.25, -0.2) is 0 Å². The molecule has 0 spiro atoms. The van der Waals surface area contributed by atoms with Gasteiger partial charge in [0.15, 0.2) is 11.5 Å². The van der Waals surface area contributed by atoms with Crippen molar-refractivity contribution in [3.63, 3.8) is 0 Å². The highest BCUT2D eigenvalue weighted by Gasteiger charge is 2.15. The molecule has 1 aromatic heterocycles. The van der Waals surface area contributed by atoms with Crippen LogP contribution in [0.15, 0.2) is 18.5 Å². The number of ether oxygens (including phenoxy) is 2. The first-order valence-corrected chi connectivity index (χ1v) is 5.19. The highest BCUT2D eigenvalue weighted by atomic mass is 35.5. The molecule has 2 aromatic rings. The van der Waals surface area contributed by atoms with Gasteiger partial charge in [0, 0.05) is 23.2 Å². The van der Waals surface area contributed by atoms with Crippen LogP contribution in [0.1, 0.15) is 5.56 Å². The third-order valence-electron chi connectivity index (χ3n) is 2.47. The molecule has 0 aliphatic heterocycles. The van der Waals surface area contributed by atoms with E-state index in [1.165, 1.54) is 20.4 Å². The molecule has 1 aromatic carbocycles. The van der Waals surface area contributed by atoms with Gasteiger partial charge in [0.1, 0.15) is 6.07 Å². The summed E-state index contributed by atoms with van der Waals surface area (Å²) in [5.74, 6) is 0.936. The average Bonchev–Trinajstić information content (AvgIpc) is 2.37. The lowest BCUT2D eigenvalue weighted by molar-refractivity contribution is 0.356. The average molecular weight is 249 g/mol. The molecule has 0 aliphatic rings. The van der Waals surface area contributed by atoms with Gasteiger partial charge in [0.2, 0.25) is 0 Å². The minimum absolute atomic E-state index is 0.395. The molecule has 4 nitrogen and oxygen atoms in total. The monoisotopic (exact) mass is 248 g/mol. The van der Waals surface area contributed by atoms with Crippen LogP contribution >= 0.6 is 11.6 Å². The van der Waals surface area contributed by atoms with Crippen LogP contribution in [-0.4, -0.2) is 19.2 Å². The van der Waals surface area contributed by atoms with Crippen LogP contribution in [-0.2, 0) is 0 Å². The van der Waals surface area contributed by atoms with Crippen LogP contribution in [0.25, 0.3) is 10.8 Å². The summed E-state index contributed by atoms with van der Waals surface area (Å²) < 4.78 is 10.4. The fraction of sp³-hybridized carbons (Fsp3) is 0.167. The van der Waals surface area contributed by atoms with E-state index >= 15 is 0 Å². The molecular weight excluding hydrogens is 240 g/mol. The molecular formula is C12H9ClN2O2. The lowest BCUT2D eigenvalue weighted by atomic mass is 10.1. The summed E-state index contributed by atoms with van der Waals surface area (Å²) >= 11 is 6.20. The predicted octanol–water partition coefficient (Wildman–Crippen LogP) is 2.78. The zero-order valence-electron chi connectivity index (χ0n) is 9.32. The van der Waals surface area contributed by atoms with Gasteiger partial charge in [0.25, 0.3) is 0 Å². The molecule has 5 heteroatoms. The van der Waals surface area contributed by atoms with Crippen molar-refractivity contribution in [1.29, 1.82) is 5.26 Å². The molecule has 86 valence electrons. The Bertz CT molecular complexity index is 620. The summed E-state index contributed by atoms with van der Waals surface area (Å²) in [4.78, 5) is 3.97. The number of fused-ring (bicyclic) bond motifs is 1. The van der Waals surface area contributed by atoms with Crippen molar-refractivity contribution in [1.82, 2.24) is 4.98 Å². The molecule has 0 bridgehead atoms. The normalized spacial score (nSPS) is 10.0. The second-order valence-corrected chi connectivity index (χ2v) is 3.70. The number of methoxy groups -OCH3 is 2. The highest BCUT2D eigenvalue weighted by molar-refractivity contribution is 6.37. The summed E-state index contributed by atoms with van der Waals surface area (Å²) in [6, 6.07) is 3.79. The zero-order valence-corrected chi connectivity index (χ0v) is 10.1. The van der Waals surface area contributed by atoms with Gasteiger partial charge in [-0.15, -0.1) is 0 Å². The number of hydrogen-bond donors (Lipinski definition) is 0. The predicted molar refractivity (Wildman–Crippen MR) is 64.6 cm³/mol. The largest absolute Gasteiger partial charge is 0.493 e. The second kappa shape index (κ2) is 4.48. The van der Waals surface area contributed by atoms with Crippen molar-refractivity contribution in [3.8, 4) is 17.6 Å². The van der Waals surface area contributed by atoms with Crippen molar-refractivity contribution in [2.45, 2.75) is 0 Å². The molecule has 17 heavy (non-hydrogen) atoms. The lowest BCUT2D eigenvalue weighted by Crippen LogP contribution is -1.93. The van der Waals surface area contributed by atoms with Gasteiger partial charge >= 0.3 is 0 Å². The van der Waals surface area contributed by atoms with Gasteiger partial charge in [-0.2, -0.15) is 5.26 Å². The van der Waals surface area contributed by atoms with Gasteiger partial charge in [-0.1, -0.05) is 11.6 Å². The number of halogens is 1. The first kappa shape index (κ1) is 11.5. The SMILES string of the molecule is COc1cc2c(C#N)cncc2c(Cl)c1OC. The second-order valence-electron chi connectivity index (χ2n) is 3.32. The summed E-state index contributed by atoms with van der Waals surface area (Å²) in [7, 11) is 3.03. The van der Waals surface area contributed by atoms with Gasteiger partial charge in [0.05, 0.1) is 24.8 Å². The van der Waals surface area contributed by atoms with Gasteiger partial charge in [-0.3, -0.25) is 4.98 Å². The van der Waals surface area contributed by atoms with Gasteiger partial charge < -0.3 is 9.47 Å². The number of nitriles is 1. The first-order valence-electron chi connectivity index (χ1n) is 4.81. The Labute approximate surface area is 103 Å². The van der Waals surface area contributed by atoms with Crippen LogP contribution in [0.3, 0.4) is 0 Å². The van der Waals surface area contributed by atoms with E-state index in [4.69, 9.17) is 26.3 Å². The smallest absolute Gasteiger partial charge is 0.180 e. The van der Waals surface area contributed by atoms with Crippen LogP contribution in [0.2, 0.25) is 5.02 Å². The van der Waals surface area contributed by atoms with E-state index in [-0.39, 0.29) is 0 Å². The van der Waals surface area contributed by atoms with Crippen molar-refractivity contribution in [3.05, 3.63) is 29.0 Å². The fourth-order valence-electron chi connectivity index (χ4n) is 1.66. The number of hydrogen-bond acceptors (Lipinski definition) is 4. The Morgan fingerprint density at radius 1 is 1.24 bits per heavy atom. The van der Waals surface area contributed by atoms with Crippen LogP contribution in [0.4, 0.5) is 0 Å². The maximum Gasteiger partial charge on any atom is 0.180 e. The number of nitrogens with zero attached hydrogens (tertiary/aromatic N) is 2. The molecule has 0 aliphatic carbocycles. The van der Waals surface area contributed by atoms with Crippen LogP contribution < -0.4 is 9.47 Å². The number of aromatic nitrogens is 1. The van der Waals surface area contributed by atoms with Crippen LogP contribution in [0.5, 0.6) is 11.5 Å². The fourth-order valence-corrected chi connectivity index (χ4v) is 1.98. The number of pyridine rings is 1. The Hall–Kier alpha value is -1.99. The van der Waals surface area contributed by atoms with E-state index in [1.807, 2.05) is 0 Å². The summed E-state index contributed by atoms with van der Waals surface area (Å²) in [6.45, 7) is 0.